The van der Waals surface area contributed by atoms with Gasteiger partial charge in [-0.1, -0.05) is 68.8 Å². The van der Waals surface area contributed by atoms with Gasteiger partial charge in [-0.3, -0.25) is 9.80 Å². The lowest BCUT2D eigenvalue weighted by Gasteiger charge is -2.49. The first-order valence-electron chi connectivity index (χ1n) is 13.9. The summed E-state index contributed by atoms with van der Waals surface area (Å²) in [4.78, 5) is 5.18. The monoisotopic (exact) mass is 491 g/mol. The molecule has 4 heteroatoms. The number of nitrogens with zero attached hydrogens (tertiary/aromatic N) is 2. The molecule has 0 radical (unpaired) electrons. The fraction of sp³-hybridized carbons (Fsp3) is 0.562. The Morgan fingerprint density at radius 1 is 1.00 bits per heavy atom. The zero-order valence-electron chi connectivity index (χ0n) is 23.3. The van der Waals surface area contributed by atoms with Crippen molar-refractivity contribution in [2.45, 2.75) is 71.5 Å². The summed E-state index contributed by atoms with van der Waals surface area (Å²) in [7, 11) is 1.71. The zero-order valence-corrected chi connectivity index (χ0v) is 23.3. The lowest BCUT2D eigenvalue weighted by Crippen LogP contribution is -2.59. The normalized spacial score (nSPS) is 25.0. The van der Waals surface area contributed by atoms with Crippen molar-refractivity contribution < 1.29 is 4.74 Å². The summed E-state index contributed by atoms with van der Waals surface area (Å²) < 4.78 is 5.28. The first-order valence-corrected chi connectivity index (χ1v) is 13.9. The molecular weight excluding hydrogens is 442 g/mol. The summed E-state index contributed by atoms with van der Waals surface area (Å²) >= 11 is 0. The van der Waals surface area contributed by atoms with Gasteiger partial charge < -0.3 is 10.1 Å². The second kappa shape index (κ2) is 14.0. The van der Waals surface area contributed by atoms with Crippen LogP contribution < -0.4 is 10.1 Å². The molecule has 2 aliphatic heterocycles. The molecule has 0 amide bonds. The number of rotatable bonds is 9. The van der Waals surface area contributed by atoms with Crippen molar-refractivity contribution in [3.63, 3.8) is 0 Å². The molecule has 0 saturated carbocycles. The number of piperazine rings is 1. The van der Waals surface area contributed by atoms with Crippen LogP contribution in [0.3, 0.4) is 0 Å². The fourth-order valence-corrected chi connectivity index (χ4v) is 5.83. The van der Waals surface area contributed by atoms with Gasteiger partial charge >= 0.3 is 0 Å². The minimum Gasteiger partial charge on any atom is -0.497 e. The van der Waals surface area contributed by atoms with Crippen LogP contribution in [0.5, 0.6) is 5.75 Å². The van der Waals surface area contributed by atoms with Crippen molar-refractivity contribution in [1.29, 1.82) is 0 Å². The summed E-state index contributed by atoms with van der Waals surface area (Å²) in [6.45, 7) is 18.7. The van der Waals surface area contributed by atoms with E-state index in [1.165, 1.54) is 49.9 Å². The predicted molar refractivity (Wildman–Crippen MR) is 153 cm³/mol. The average molecular weight is 492 g/mol. The maximum atomic E-state index is 5.28. The summed E-state index contributed by atoms with van der Waals surface area (Å²) in [5, 5.41) is 3.46. The van der Waals surface area contributed by atoms with Crippen LogP contribution >= 0.6 is 0 Å². The van der Waals surface area contributed by atoms with E-state index in [0.29, 0.717) is 5.41 Å². The Labute approximate surface area is 220 Å². The highest BCUT2D eigenvalue weighted by molar-refractivity contribution is 5.27. The van der Waals surface area contributed by atoms with E-state index >= 15 is 0 Å². The number of nitrogens with one attached hydrogen (secondary N) is 1. The number of methoxy groups -OCH3 is 1. The zero-order chi connectivity index (χ0) is 25.9. The van der Waals surface area contributed by atoms with E-state index in [9.17, 15) is 0 Å². The number of hydrogen-bond donors (Lipinski definition) is 1. The largest absolute Gasteiger partial charge is 0.497 e. The van der Waals surface area contributed by atoms with E-state index in [4.69, 9.17) is 4.74 Å². The van der Waals surface area contributed by atoms with E-state index in [1.807, 2.05) is 12.1 Å². The Kier molecular flexibility index (Phi) is 11.0. The van der Waals surface area contributed by atoms with Gasteiger partial charge in [0.2, 0.25) is 0 Å². The molecule has 4 nitrogen and oxygen atoms in total. The third kappa shape index (κ3) is 8.47. The molecule has 198 valence electrons. The molecule has 0 aliphatic carbocycles. The summed E-state index contributed by atoms with van der Waals surface area (Å²) in [5.74, 6) is 0.912. The van der Waals surface area contributed by atoms with Crippen LogP contribution in [-0.4, -0.2) is 55.2 Å². The number of piperidine rings is 1. The summed E-state index contributed by atoms with van der Waals surface area (Å²) in [5.41, 5.74) is 3.44. The minimum atomic E-state index is 0.106. The van der Waals surface area contributed by atoms with E-state index in [0.717, 1.165) is 44.9 Å². The third-order valence-electron chi connectivity index (χ3n) is 7.92. The molecule has 2 aromatic rings. The molecule has 2 heterocycles. The standard InChI is InChI=1S/C23H30N2O.C9H19N/c1-4-14-23(2)19-24(17-20-8-6-5-7-9-20)15-16-25(23)18-21-10-12-22(26-3)13-11-21;1-3-5-9(2)6-4-7-10-8-9/h4-13H,1,14-19H2,2-3H3;10H,3-8H2,1-2H3/t23-;9-/m01/s1. The van der Waals surface area contributed by atoms with E-state index in [2.05, 4.69) is 91.0 Å². The minimum absolute atomic E-state index is 0.106. The van der Waals surface area contributed by atoms with Gasteiger partial charge in [-0.05, 0) is 67.8 Å². The lowest BCUT2D eigenvalue weighted by molar-refractivity contribution is 0.000383. The SMILES string of the molecule is C=CC[C@@]1(C)CN(Cc2ccccc2)CCN1Cc1ccc(OC)cc1.CCC[C@]1(C)CCCNC1. The second-order valence-electron chi connectivity index (χ2n) is 11.3. The first-order chi connectivity index (χ1) is 17.4. The van der Waals surface area contributed by atoms with Crippen molar-refractivity contribution in [3.8, 4) is 5.75 Å². The molecule has 0 aromatic heterocycles. The van der Waals surface area contributed by atoms with Crippen LogP contribution in [0.15, 0.2) is 67.3 Å². The van der Waals surface area contributed by atoms with Gasteiger partial charge in [0, 0.05) is 44.8 Å². The van der Waals surface area contributed by atoms with E-state index < -0.39 is 0 Å². The van der Waals surface area contributed by atoms with Gasteiger partial charge in [0.15, 0.2) is 0 Å². The molecule has 2 fully saturated rings. The van der Waals surface area contributed by atoms with Crippen LogP contribution in [0.4, 0.5) is 0 Å². The van der Waals surface area contributed by atoms with Gasteiger partial charge in [0.25, 0.3) is 0 Å². The van der Waals surface area contributed by atoms with Gasteiger partial charge in [0.1, 0.15) is 5.75 Å². The summed E-state index contributed by atoms with van der Waals surface area (Å²) in [6, 6.07) is 19.2. The van der Waals surface area contributed by atoms with E-state index in [-0.39, 0.29) is 5.54 Å². The van der Waals surface area contributed by atoms with Crippen molar-refractivity contribution >= 4 is 0 Å². The molecular formula is C32H49N3O. The van der Waals surface area contributed by atoms with Gasteiger partial charge in [-0.25, -0.2) is 0 Å². The van der Waals surface area contributed by atoms with Gasteiger partial charge in [-0.2, -0.15) is 0 Å². The molecule has 0 unspecified atom stereocenters. The number of hydrogen-bond acceptors (Lipinski definition) is 4. The Hall–Kier alpha value is -2.14. The summed E-state index contributed by atoms with van der Waals surface area (Å²) in [6.07, 6.45) is 8.57. The van der Waals surface area contributed by atoms with Crippen molar-refractivity contribution in [3.05, 3.63) is 78.4 Å². The van der Waals surface area contributed by atoms with Gasteiger partial charge in [0.05, 0.1) is 7.11 Å². The van der Waals surface area contributed by atoms with Crippen molar-refractivity contribution in [2.75, 3.05) is 39.8 Å². The van der Waals surface area contributed by atoms with Crippen LogP contribution in [0, 0.1) is 5.41 Å². The number of benzene rings is 2. The topological polar surface area (TPSA) is 27.7 Å². The molecule has 4 rings (SSSR count). The molecule has 0 bridgehead atoms. The van der Waals surface area contributed by atoms with Crippen molar-refractivity contribution in [2.24, 2.45) is 5.41 Å². The van der Waals surface area contributed by atoms with Crippen LogP contribution in [0.1, 0.15) is 64.0 Å². The second-order valence-corrected chi connectivity index (χ2v) is 11.3. The van der Waals surface area contributed by atoms with E-state index in [1.54, 1.807) is 7.11 Å². The molecule has 2 aromatic carbocycles. The number of ether oxygens (including phenoxy) is 1. The molecule has 1 N–H and O–H groups in total. The molecule has 2 atom stereocenters. The van der Waals surface area contributed by atoms with Crippen LogP contribution in [0.25, 0.3) is 0 Å². The smallest absolute Gasteiger partial charge is 0.118 e. The lowest BCUT2D eigenvalue weighted by atomic mass is 9.79. The Balaban J connectivity index is 0.000000303. The molecule has 2 aliphatic rings. The third-order valence-corrected chi connectivity index (χ3v) is 7.92. The predicted octanol–water partition coefficient (Wildman–Crippen LogP) is 6.52. The highest BCUT2D eigenvalue weighted by Gasteiger charge is 2.36. The van der Waals surface area contributed by atoms with Crippen molar-refractivity contribution in [1.82, 2.24) is 15.1 Å². The highest BCUT2D eigenvalue weighted by atomic mass is 16.5. The Morgan fingerprint density at radius 3 is 2.33 bits per heavy atom. The fourth-order valence-electron chi connectivity index (χ4n) is 5.83. The Morgan fingerprint density at radius 2 is 1.72 bits per heavy atom. The molecule has 2 saturated heterocycles. The van der Waals surface area contributed by atoms with Gasteiger partial charge in [-0.15, -0.1) is 6.58 Å². The highest BCUT2D eigenvalue weighted by Crippen LogP contribution is 2.30. The maximum Gasteiger partial charge on any atom is 0.118 e. The first kappa shape index (κ1) is 28.4. The quantitative estimate of drug-likeness (QED) is 0.404. The Bertz CT molecular complexity index is 886. The molecule has 0 spiro atoms. The average Bonchev–Trinajstić information content (AvgIpc) is 2.88. The van der Waals surface area contributed by atoms with Crippen LogP contribution in [0.2, 0.25) is 0 Å². The molecule has 36 heavy (non-hydrogen) atoms. The van der Waals surface area contributed by atoms with Crippen LogP contribution in [-0.2, 0) is 13.1 Å². The maximum absolute atomic E-state index is 5.28.